The number of amides is 1. The number of nitrogens with zero attached hydrogens (tertiary/aromatic N) is 3. The van der Waals surface area contributed by atoms with Gasteiger partial charge in [-0.2, -0.15) is 0 Å². The Kier molecular flexibility index (Phi) is 4.58. The number of hydrogen-bond acceptors (Lipinski definition) is 4. The molecule has 1 aromatic heterocycles. The minimum atomic E-state index is -0.0732. The Labute approximate surface area is 152 Å². The van der Waals surface area contributed by atoms with Crippen LogP contribution in [0, 0.1) is 0 Å². The van der Waals surface area contributed by atoms with Crippen LogP contribution >= 0.6 is 0 Å². The number of H-pyrrole nitrogens is 1. The van der Waals surface area contributed by atoms with Crippen molar-refractivity contribution in [2.75, 3.05) is 33.2 Å². The largest absolute Gasteiger partial charge is 0.332 e. The normalized spacial score (nSPS) is 22.4. The first-order valence-corrected chi connectivity index (χ1v) is 9.52. The molecule has 1 aliphatic heterocycles. The van der Waals surface area contributed by atoms with Crippen LogP contribution in [0.3, 0.4) is 0 Å². The van der Waals surface area contributed by atoms with Gasteiger partial charge in [-0.05, 0) is 38.1 Å². The number of nitrogens with one attached hydrogen (secondary N) is 1. The first kappa shape index (κ1) is 17.3. The molecular formula is C19H27N5O2. The van der Waals surface area contributed by atoms with Gasteiger partial charge >= 0.3 is 5.69 Å². The van der Waals surface area contributed by atoms with Crippen LogP contribution in [0.2, 0.25) is 0 Å². The van der Waals surface area contributed by atoms with Crippen LogP contribution in [0.25, 0.3) is 11.0 Å². The molecule has 7 nitrogen and oxygen atoms in total. The Balaban J connectivity index is 1.65. The van der Waals surface area contributed by atoms with E-state index in [2.05, 4.69) is 9.88 Å². The van der Waals surface area contributed by atoms with Crippen LogP contribution in [0.1, 0.15) is 42.1 Å². The van der Waals surface area contributed by atoms with Crippen molar-refractivity contribution in [2.45, 2.75) is 37.8 Å². The summed E-state index contributed by atoms with van der Waals surface area (Å²) in [6.45, 7) is 2.76. The topological polar surface area (TPSA) is 87.4 Å². The van der Waals surface area contributed by atoms with Crippen LogP contribution in [-0.2, 0) is 0 Å². The second kappa shape index (κ2) is 6.89. The fourth-order valence-electron chi connectivity index (χ4n) is 4.43. The average Bonchev–Trinajstić information content (AvgIpc) is 3.26. The molecular weight excluding hydrogens is 330 g/mol. The number of nitrogens with two attached hydrogens (primary N) is 1. The molecule has 0 bridgehead atoms. The van der Waals surface area contributed by atoms with E-state index in [1.165, 1.54) is 12.8 Å². The highest BCUT2D eigenvalue weighted by Gasteiger charge is 2.29. The number of hydrogen-bond donors (Lipinski definition) is 2. The number of piperazine rings is 1. The predicted molar refractivity (Wildman–Crippen MR) is 101 cm³/mol. The Morgan fingerprint density at radius 3 is 2.77 bits per heavy atom. The van der Waals surface area contributed by atoms with Gasteiger partial charge in [-0.3, -0.25) is 9.36 Å². The summed E-state index contributed by atoms with van der Waals surface area (Å²) in [7, 11) is 2.05. The molecule has 3 N–H and O–H groups in total. The Morgan fingerprint density at radius 2 is 2.04 bits per heavy atom. The third kappa shape index (κ3) is 2.95. The van der Waals surface area contributed by atoms with Gasteiger partial charge in [-0.15, -0.1) is 0 Å². The maximum absolute atomic E-state index is 13.0. The summed E-state index contributed by atoms with van der Waals surface area (Å²) in [4.78, 5) is 32.5. The first-order chi connectivity index (χ1) is 12.6. The van der Waals surface area contributed by atoms with Crippen LogP contribution in [0.15, 0.2) is 23.0 Å². The minimum Gasteiger partial charge on any atom is -0.332 e. The maximum atomic E-state index is 13.0. The second-order valence-electron chi connectivity index (χ2n) is 7.62. The average molecular weight is 357 g/mol. The fourth-order valence-corrected chi connectivity index (χ4v) is 4.43. The van der Waals surface area contributed by atoms with Crippen molar-refractivity contribution < 1.29 is 4.79 Å². The Hall–Kier alpha value is -2.12. The number of carbonyl (C=O) groups is 1. The minimum absolute atomic E-state index is 0.00934. The third-order valence-corrected chi connectivity index (χ3v) is 5.87. The zero-order chi connectivity index (χ0) is 18.3. The Morgan fingerprint density at radius 1 is 1.27 bits per heavy atom. The number of rotatable bonds is 3. The van der Waals surface area contributed by atoms with Crippen LogP contribution in [0.4, 0.5) is 0 Å². The molecule has 0 spiro atoms. The molecule has 1 atom stereocenters. The van der Waals surface area contributed by atoms with Gasteiger partial charge in [0.1, 0.15) is 0 Å². The molecule has 26 heavy (non-hydrogen) atoms. The molecule has 7 heteroatoms. The van der Waals surface area contributed by atoms with Crippen molar-refractivity contribution in [3.8, 4) is 0 Å². The fraction of sp³-hybridized carbons (Fsp3) is 0.579. The Bertz CT molecular complexity index is 864. The van der Waals surface area contributed by atoms with Gasteiger partial charge in [0.25, 0.3) is 5.91 Å². The lowest BCUT2D eigenvalue weighted by atomic mass is 10.1. The highest BCUT2D eigenvalue weighted by molar-refractivity contribution is 5.97. The molecule has 2 aromatic rings. The lowest BCUT2D eigenvalue weighted by Gasteiger charge is -2.39. The predicted octanol–water partition coefficient (Wildman–Crippen LogP) is 1.16. The number of benzene rings is 1. The number of aromatic nitrogens is 2. The highest BCUT2D eigenvalue weighted by atomic mass is 16.2. The third-order valence-electron chi connectivity index (χ3n) is 5.87. The smallest absolute Gasteiger partial charge is 0.326 e. The molecule has 0 unspecified atom stereocenters. The molecule has 0 radical (unpaired) electrons. The number of likely N-dealkylation sites (N-methyl/N-ethyl adjacent to an activating group) is 1. The summed E-state index contributed by atoms with van der Waals surface area (Å²) < 4.78 is 1.87. The first-order valence-electron chi connectivity index (χ1n) is 9.52. The molecule has 1 amide bonds. The number of carbonyl (C=O) groups excluding carboxylic acids is 1. The van der Waals surface area contributed by atoms with E-state index in [0.717, 1.165) is 37.0 Å². The summed E-state index contributed by atoms with van der Waals surface area (Å²) in [6, 6.07) is 5.87. The molecule has 2 fully saturated rings. The van der Waals surface area contributed by atoms with E-state index in [1.54, 1.807) is 0 Å². The van der Waals surface area contributed by atoms with E-state index >= 15 is 0 Å². The van der Waals surface area contributed by atoms with Gasteiger partial charge in [0.15, 0.2) is 0 Å². The molecule has 2 heterocycles. The van der Waals surface area contributed by atoms with Crippen molar-refractivity contribution >= 4 is 16.9 Å². The van der Waals surface area contributed by atoms with Crippen molar-refractivity contribution in [2.24, 2.45) is 5.73 Å². The van der Waals surface area contributed by atoms with Crippen molar-refractivity contribution in [3.05, 3.63) is 34.2 Å². The number of fused-ring (bicyclic) bond motifs is 1. The quantitative estimate of drug-likeness (QED) is 0.863. The van der Waals surface area contributed by atoms with Gasteiger partial charge < -0.3 is 20.5 Å². The summed E-state index contributed by atoms with van der Waals surface area (Å²) in [5.74, 6) is -0.00934. The molecule has 2 aliphatic rings. The maximum Gasteiger partial charge on any atom is 0.326 e. The zero-order valence-electron chi connectivity index (χ0n) is 15.3. The molecule has 4 rings (SSSR count). The molecule has 1 saturated heterocycles. The summed E-state index contributed by atoms with van der Waals surface area (Å²) in [5.41, 5.74) is 8.06. The standard InChI is InChI=1S/C19H27N5O2/c1-22-8-9-23(15(11-20)12-22)18(25)13-6-7-17-16(10-13)21-19(26)24(17)14-4-2-3-5-14/h6-7,10,14-15H,2-5,8-9,11-12,20H2,1H3,(H,21,26)/t15-/m0/s1. The summed E-state index contributed by atoms with van der Waals surface area (Å²) in [5, 5.41) is 0. The lowest BCUT2D eigenvalue weighted by molar-refractivity contribution is 0.0516. The van der Waals surface area contributed by atoms with Gasteiger partial charge in [0, 0.05) is 37.8 Å². The van der Waals surface area contributed by atoms with E-state index in [4.69, 9.17) is 5.73 Å². The highest BCUT2D eigenvalue weighted by Crippen LogP contribution is 2.31. The van der Waals surface area contributed by atoms with Gasteiger partial charge in [-0.25, -0.2) is 4.79 Å². The van der Waals surface area contributed by atoms with Crippen molar-refractivity contribution in [1.29, 1.82) is 0 Å². The number of imidazole rings is 1. The van der Waals surface area contributed by atoms with Crippen molar-refractivity contribution in [1.82, 2.24) is 19.4 Å². The van der Waals surface area contributed by atoms with Crippen molar-refractivity contribution in [3.63, 3.8) is 0 Å². The molecule has 1 saturated carbocycles. The summed E-state index contributed by atoms with van der Waals surface area (Å²) >= 11 is 0. The van der Waals surface area contributed by atoms with Crippen LogP contribution in [-0.4, -0.2) is 64.5 Å². The lowest BCUT2D eigenvalue weighted by Crippen LogP contribution is -2.56. The molecule has 1 aliphatic carbocycles. The zero-order valence-corrected chi connectivity index (χ0v) is 15.3. The van der Waals surface area contributed by atoms with E-state index in [0.29, 0.717) is 18.7 Å². The van der Waals surface area contributed by atoms with Gasteiger partial charge in [0.05, 0.1) is 17.1 Å². The summed E-state index contributed by atoms with van der Waals surface area (Å²) in [6.07, 6.45) is 4.44. The van der Waals surface area contributed by atoms with E-state index < -0.39 is 0 Å². The second-order valence-corrected chi connectivity index (χ2v) is 7.62. The molecule has 140 valence electrons. The SMILES string of the molecule is CN1CCN(C(=O)c2ccc3c(c2)[nH]c(=O)n3C2CCCC2)[C@@H](CN)C1. The van der Waals surface area contributed by atoms with Gasteiger partial charge in [0.2, 0.25) is 0 Å². The molecule has 1 aromatic carbocycles. The van der Waals surface area contributed by atoms with Crippen LogP contribution < -0.4 is 11.4 Å². The van der Waals surface area contributed by atoms with E-state index in [-0.39, 0.29) is 23.7 Å². The number of aromatic amines is 1. The van der Waals surface area contributed by atoms with Gasteiger partial charge in [-0.1, -0.05) is 12.8 Å². The van der Waals surface area contributed by atoms with E-state index in [9.17, 15) is 9.59 Å². The van der Waals surface area contributed by atoms with Crippen LogP contribution in [0.5, 0.6) is 0 Å². The van der Waals surface area contributed by atoms with E-state index in [1.807, 2.05) is 34.7 Å². The monoisotopic (exact) mass is 357 g/mol.